The van der Waals surface area contributed by atoms with E-state index in [2.05, 4.69) is 31.7 Å². The molecule has 134 valence electrons. The lowest BCUT2D eigenvalue weighted by Crippen LogP contribution is -2.35. The molecule has 0 amide bonds. The lowest BCUT2D eigenvalue weighted by Gasteiger charge is -2.29. The van der Waals surface area contributed by atoms with Gasteiger partial charge in [-0.05, 0) is 62.6 Å². The maximum atomic E-state index is 6.05. The van der Waals surface area contributed by atoms with E-state index in [1.807, 2.05) is 31.3 Å². The van der Waals surface area contributed by atoms with Crippen molar-refractivity contribution in [3.05, 3.63) is 42.9 Å². The molecule has 0 saturated heterocycles. The predicted octanol–water partition coefficient (Wildman–Crippen LogP) is 3.22. The molecule has 0 aliphatic heterocycles. The maximum absolute atomic E-state index is 6.05. The van der Waals surface area contributed by atoms with Crippen LogP contribution in [0.3, 0.4) is 0 Å². The van der Waals surface area contributed by atoms with Crippen LogP contribution in [0.5, 0.6) is 0 Å². The summed E-state index contributed by atoms with van der Waals surface area (Å²) in [5, 5.41) is 8.03. The number of hydrogen-bond donors (Lipinski definition) is 3. The average Bonchev–Trinajstić information content (AvgIpc) is 2.69. The summed E-state index contributed by atoms with van der Waals surface area (Å²) in [7, 11) is 2.04. The highest BCUT2D eigenvalue weighted by molar-refractivity contribution is 5.93. The summed E-state index contributed by atoms with van der Waals surface area (Å²) in [6.07, 6.45) is 8.00. The molecule has 2 aromatic heterocycles. The first-order chi connectivity index (χ1) is 12.7. The van der Waals surface area contributed by atoms with Crippen LogP contribution in [-0.4, -0.2) is 34.1 Å². The molecule has 6 heteroatoms. The Morgan fingerprint density at radius 3 is 2.58 bits per heavy atom. The van der Waals surface area contributed by atoms with Gasteiger partial charge in [0.1, 0.15) is 18.0 Å². The van der Waals surface area contributed by atoms with Crippen molar-refractivity contribution >= 4 is 22.5 Å². The first-order valence-electron chi connectivity index (χ1n) is 9.14. The summed E-state index contributed by atoms with van der Waals surface area (Å²) in [6.45, 7) is 0. The minimum absolute atomic E-state index is 0.449. The Morgan fingerprint density at radius 2 is 1.81 bits per heavy atom. The fourth-order valence-corrected chi connectivity index (χ4v) is 3.72. The summed E-state index contributed by atoms with van der Waals surface area (Å²) in [5.74, 6) is 1.43. The van der Waals surface area contributed by atoms with Crippen LogP contribution in [0.2, 0.25) is 0 Å². The smallest absolute Gasteiger partial charge is 0.137 e. The van der Waals surface area contributed by atoms with Gasteiger partial charge in [0, 0.05) is 29.2 Å². The third kappa shape index (κ3) is 3.32. The van der Waals surface area contributed by atoms with Crippen molar-refractivity contribution in [2.75, 3.05) is 18.1 Å². The Bertz CT molecular complexity index is 902. The van der Waals surface area contributed by atoms with E-state index >= 15 is 0 Å². The van der Waals surface area contributed by atoms with Gasteiger partial charge in [0.15, 0.2) is 0 Å². The third-order valence-electron chi connectivity index (χ3n) is 5.26. The number of fused-ring (bicyclic) bond motifs is 1. The second kappa shape index (κ2) is 7.25. The minimum atomic E-state index is 0.449. The van der Waals surface area contributed by atoms with E-state index in [0.717, 1.165) is 40.7 Å². The number of rotatable bonds is 4. The van der Waals surface area contributed by atoms with Crippen molar-refractivity contribution in [2.24, 2.45) is 0 Å². The van der Waals surface area contributed by atoms with Crippen LogP contribution in [0.1, 0.15) is 25.7 Å². The van der Waals surface area contributed by atoms with Crippen molar-refractivity contribution < 1.29 is 0 Å². The number of anilines is 2. The van der Waals surface area contributed by atoms with Crippen molar-refractivity contribution in [1.82, 2.24) is 20.3 Å². The molecule has 6 nitrogen and oxygen atoms in total. The molecule has 1 aliphatic rings. The molecular formula is C20H24N6. The molecule has 1 saturated carbocycles. The largest absolute Gasteiger partial charge is 0.383 e. The van der Waals surface area contributed by atoms with Gasteiger partial charge in [-0.25, -0.2) is 15.0 Å². The second-order valence-electron chi connectivity index (χ2n) is 6.87. The van der Waals surface area contributed by atoms with E-state index in [-0.39, 0.29) is 0 Å². The molecule has 0 atom stereocenters. The van der Waals surface area contributed by atoms with Gasteiger partial charge in [-0.2, -0.15) is 0 Å². The van der Waals surface area contributed by atoms with Crippen molar-refractivity contribution in [1.29, 1.82) is 0 Å². The van der Waals surface area contributed by atoms with E-state index in [0.29, 0.717) is 17.9 Å². The molecule has 4 rings (SSSR count). The number of nitrogens with two attached hydrogens (primary N) is 1. The topological polar surface area (TPSA) is 88.8 Å². The van der Waals surface area contributed by atoms with Crippen LogP contribution in [0.15, 0.2) is 42.9 Å². The van der Waals surface area contributed by atoms with Gasteiger partial charge in [-0.1, -0.05) is 6.07 Å². The van der Waals surface area contributed by atoms with Crippen molar-refractivity contribution in [2.45, 2.75) is 37.8 Å². The molecule has 3 aromatic rings. The Hall–Kier alpha value is -2.73. The quantitative estimate of drug-likeness (QED) is 0.671. The van der Waals surface area contributed by atoms with Gasteiger partial charge in [-0.3, -0.25) is 0 Å². The van der Waals surface area contributed by atoms with Gasteiger partial charge >= 0.3 is 0 Å². The molecule has 1 aliphatic carbocycles. The molecule has 0 bridgehead atoms. The van der Waals surface area contributed by atoms with Crippen LogP contribution >= 0.6 is 0 Å². The summed E-state index contributed by atoms with van der Waals surface area (Å²) in [4.78, 5) is 13.1. The highest BCUT2D eigenvalue weighted by atomic mass is 15.0. The number of nitrogens with one attached hydrogen (secondary N) is 2. The van der Waals surface area contributed by atoms with Gasteiger partial charge in [0.2, 0.25) is 0 Å². The zero-order chi connectivity index (χ0) is 17.9. The van der Waals surface area contributed by atoms with Crippen molar-refractivity contribution in [3.63, 3.8) is 0 Å². The number of nitrogen functional groups attached to an aromatic ring is 1. The first-order valence-corrected chi connectivity index (χ1v) is 9.14. The standard InChI is InChI=1S/C20H24N6/c1-22-14-5-7-15(8-6-14)26-20-17-11-13(4-9-18(17)24-12-25-20)16-3-2-10-23-19(16)21/h2-4,9-12,14-15,22H,5-8H2,1H3,(H2,21,23)(H,24,25,26). The van der Waals surface area contributed by atoms with Gasteiger partial charge in [-0.15, -0.1) is 0 Å². The monoisotopic (exact) mass is 348 g/mol. The third-order valence-corrected chi connectivity index (χ3v) is 5.26. The van der Waals surface area contributed by atoms with Crippen LogP contribution < -0.4 is 16.4 Å². The average molecular weight is 348 g/mol. The van der Waals surface area contributed by atoms with Crippen molar-refractivity contribution in [3.8, 4) is 11.1 Å². The normalized spacial score (nSPS) is 20.2. The number of aromatic nitrogens is 3. The predicted molar refractivity (Wildman–Crippen MR) is 106 cm³/mol. The lowest BCUT2D eigenvalue weighted by atomic mass is 9.91. The van der Waals surface area contributed by atoms with Crippen LogP contribution in [0.4, 0.5) is 11.6 Å². The number of hydrogen-bond acceptors (Lipinski definition) is 6. The molecule has 0 radical (unpaired) electrons. The van der Waals surface area contributed by atoms with E-state index in [1.54, 1.807) is 12.5 Å². The lowest BCUT2D eigenvalue weighted by molar-refractivity contribution is 0.371. The number of benzene rings is 1. The van der Waals surface area contributed by atoms with Crippen LogP contribution in [-0.2, 0) is 0 Å². The number of nitrogens with zero attached hydrogens (tertiary/aromatic N) is 3. The highest BCUT2D eigenvalue weighted by Crippen LogP contribution is 2.30. The Balaban J connectivity index is 1.65. The summed E-state index contributed by atoms with van der Waals surface area (Å²) < 4.78 is 0. The highest BCUT2D eigenvalue weighted by Gasteiger charge is 2.20. The summed E-state index contributed by atoms with van der Waals surface area (Å²) in [5.41, 5.74) is 8.93. The first kappa shape index (κ1) is 16.7. The molecular weight excluding hydrogens is 324 g/mol. The maximum Gasteiger partial charge on any atom is 0.137 e. The van der Waals surface area contributed by atoms with E-state index < -0.39 is 0 Å². The van der Waals surface area contributed by atoms with Crippen LogP contribution in [0.25, 0.3) is 22.0 Å². The van der Waals surface area contributed by atoms with E-state index in [4.69, 9.17) is 5.73 Å². The molecule has 4 N–H and O–H groups in total. The zero-order valence-electron chi connectivity index (χ0n) is 14.9. The van der Waals surface area contributed by atoms with E-state index in [1.165, 1.54) is 12.8 Å². The zero-order valence-corrected chi connectivity index (χ0v) is 14.9. The fraction of sp³-hybridized carbons (Fsp3) is 0.350. The SMILES string of the molecule is CNC1CCC(Nc2ncnc3ccc(-c4cccnc4N)cc23)CC1. The molecule has 26 heavy (non-hydrogen) atoms. The van der Waals surface area contributed by atoms with Gasteiger partial charge in [0.25, 0.3) is 0 Å². The van der Waals surface area contributed by atoms with Gasteiger partial charge < -0.3 is 16.4 Å². The molecule has 0 spiro atoms. The van der Waals surface area contributed by atoms with Gasteiger partial charge in [0.05, 0.1) is 5.52 Å². The molecule has 1 aromatic carbocycles. The summed E-state index contributed by atoms with van der Waals surface area (Å²) in [6, 6.07) is 11.1. The Kier molecular flexibility index (Phi) is 4.67. The number of pyridine rings is 1. The molecule has 0 unspecified atom stereocenters. The second-order valence-corrected chi connectivity index (χ2v) is 6.87. The summed E-state index contributed by atoms with van der Waals surface area (Å²) >= 11 is 0. The molecule has 2 heterocycles. The Morgan fingerprint density at radius 1 is 1.00 bits per heavy atom. The minimum Gasteiger partial charge on any atom is -0.383 e. The fourth-order valence-electron chi connectivity index (χ4n) is 3.72. The molecule has 1 fully saturated rings. The van der Waals surface area contributed by atoms with Crippen LogP contribution in [0, 0.1) is 0 Å². The van der Waals surface area contributed by atoms with E-state index in [9.17, 15) is 0 Å². The Labute approximate surface area is 153 Å².